The summed E-state index contributed by atoms with van der Waals surface area (Å²) in [6.07, 6.45) is 0.773. The first-order valence-corrected chi connectivity index (χ1v) is 8.79. The number of thiophene rings is 1. The quantitative estimate of drug-likeness (QED) is 0.546. The Bertz CT molecular complexity index is 728. The van der Waals surface area contributed by atoms with Crippen LogP contribution in [0, 0.1) is 3.57 Å². The van der Waals surface area contributed by atoms with Crippen molar-refractivity contribution in [2.75, 3.05) is 13.7 Å². The minimum absolute atomic E-state index is 0.128. The number of hydrogen-bond donors (Lipinski definition) is 0. The van der Waals surface area contributed by atoms with Crippen LogP contribution >= 0.6 is 33.9 Å². The van der Waals surface area contributed by atoms with E-state index in [1.54, 1.807) is 22.3 Å². The molecule has 0 N–H and O–H groups in total. The van der Waals surface area contributed by atoms with Crippen molar-refractivity contribution in [3.63, 3.8) is 0 Å². The molecule has 0 radical (unpaired) electrons. The molecule has 0 spiro atoms. The van der Waals surface area contributed by atoms with Crippen molar-refractivity contribution in [1.82, 2.24) is 4.90 Å². The van der Waals surface area contributed by atoms with Crippen molar-refractivity contribution < 1.29 is 14.3 Å². The fourth-order valence-corrected chi connectivity index (χ4v) is 4.21. The second-order valence-electron chi connectivity index (χ2n) is 4.95. The molecule has 0 bridgehead atoms. The Labute approximate surface area is 146 Å². The number of amides is 1. The lowest BCUT2D eigenvalue weighted by molar-refractivity contribution is -0.146. The molecule has 1 aromatic heterocycles. The Morgan fingerprint density at radius 1 is 1.32 bits per heavy atom. The van der Waals surface area contributed by atoms with E-state index in [0.29, 0.717) is 12.1 Å². The molecule has 114 valence electrons. The van der Waals surface area contributed by atoms with Crippen LogP contribution in [0.2, 0.25) is 0 Å². The second kappa shape index (κ2) is 6.37. The number of carbonyl (C=O) groups excluding carboxylic acids is 2. The van der Waals surface area contributed by atoms with Gasteiger partial charge in [0.05, 0.1) is 12.7 Å². The van der Waals surface area contributed by atoms with Gasteiger partial charge in [-0.1, -0.05) is 12.1 Å². The van der Waals surface area contributed by atoms with Gasteiger partial charge in [0.25, 0.3) is 5.91 Å². The summed E-state index contributed by atoms with van der Waals surface area (Å²) < 4.78 is 5.81. The van der Waals surface area contributed by atoms with Crippen molar-refractivity contribution in [3.8, 4) is 0 Å². The number of rotatable bonds is 2. The monoisotopic (exact) mass is 427 g/mol. The highest BCUT2D eigenvalue weighted by molar-refractivity contribution is 14.1. The van der Waals surface area contributed by atoms with Crippen LogP contribution < -0.4 is 0 Å². The van der Waals surface area contributed by atoms with Gasteiger partial charge in [0.1, 0.15) is 0 Å². The van der Waals surface area contributed by atoms with Gasteiger partial charge >= 0.3 is 5.97 Å². The van der Waals surface area contributed by atoms with Crippen molar-refractivity contribution in [1.29, 1.82) is 0 Å². The van der Waals surface area contributed by atoms with Crippen LogP contribution in [0.25, 0.3) is 0 Å². The SMILES string of the molecule is COC(=O)C1c2ccsc2CCN1C(=O)c1ccccc1I. The van der Waals surface area contributed by atoms with E-state index in [1.165, 1.54) is 7.11 Å². The minimum atomic E-state index is -0.650. The average Bonchev–Trinajstić information content (AvgIpc) is 3.01. The van der Waals surface area contributed by atoms with Crippen LogP contribution in [0.5, 0.6) is 0 Å². The predicted molar refractivity (Wildman–Crippen MR) is 93.0 cm³/mol. The molecule has 2 heterocycles. The fourth-order valence-electron chi connectivity index (χ4n) is 2.69. The molecule has 1 amide bonds. The molecular weight excluding hydrogens is 413 g/mol. The molecule has 1 aromatic carbocycles. The predicted octanol–water partition coefficient (Wildman–Crippen LogP) is 3.27. The number of halogens is 1. The summed E-state index contributed by atoms with van der Waals surface area (Å²) in [5.74, 6) is -0.518. The summed E-state index contributed by atoms with van der Waals surface area (Å²) in [5.41, 5.74) is 1.51. The van der Waals surface area contributed by atoms with Crippen LogP contribution in [0.1, 0.15) is 26.8 Å². The number of methoxy groups -OCH3 is 1. The molecule has 1 aliphatic heterocycles. The average molecular weight is 427 g/mol. The Morgan fingerprint density at radius 2 is 2.09 bits per heavy atom. The highest BCUT2D eigenvalue weighted by Gasteiger charge is 2.38. The molecular formula is C16H14INO3S. The maximum atomic E-state index is 12.9. The van der Waals surface area contributed by atoms with Gasteiger partial charge in [-0.25, -0.2) is 4.79 Å². The Balaban J connectivity index is 2.01. The van der Waals surface area contributed by atoms with Gasteiger partial charge in [0.2, 0.25) is 0 Å². The molecule has 1 atom stereocenters. The molecule has 22 heavy (non-hydrogen) atoms. The lowest BCUT2D eigenvalue weighted by Gasteiger charge is -2.34. The van der Waals surface area contributed by atoms with Gasteiger partial charge in [0, 0.05) is 15.0 Å². The summed E-state index contributed by atoms with van der Waals surface area (Å²) in [6, 6.07) is 8.68. The van der Waals surface area contributed by atoms with E-state index < -0.39 is 12.0 Å². The van der Waals surface area contributed by atoms with Crippen molar-refractivity contribution >= 4 is 45.8 Å². The maximum Gasteiger partial charge on any atom is 0.333 e. The highest BCUT2D eigenvalue weighted by Crippen LogP contribution is 2.35. The van der Waals surface area contributed by atoms with Crippen LogP contribution in [0.4, 0.5) is 0 Å². The molecule has 6 heteroatoms. The molecule has 0 saturated carbocycles. The van der Waals surface area contributed by atoms with E-state index in [-0.39, 0.29) is 5.91 Å². The zero-order chi connectivity index (χ0) is 15.7. The molecule has 0 saturated heterocycles. The third-order valence-electron chi connectivity index (χ3n) is 3.76. The van der Waals surface area contributed by atoms with Crippen molar-refractivity contribution in [2.24, 2.45) is 0 Å². The molecule has 2 aromatic rings. The molecule has 0 fully saturated rings. The first kappa shape index (κ1) is 15.5. The second-order valence-corrected chi connectivity index (χ2v) is 7.12. The van der Waals surface area contributed by atoms with Crippen molar-refractivity contribution in [3.05, 3.63) is 55.3 Å². The number of carbonyl (C=O) groups is 2. The van der Waals surface area contributed by atoms with E-state index in [1.807, 2.05) is 29.6 Å². The van der Waals surface area contributed by atoms with E-state index in [4.69, 9.17) is 4.74 Å². The number of fused-ring (bicyclic) bond motifs is 1. The summed E-state index contributed by atoms with van der Waals surface area (Å²) >= 11 is 3.77. The van der Waals surface area contributed by atoms with Crippen molar-refractivity contribution in [2.45, 2.75) is 12.5 Å². The van der Waals surface area contributed by atoms with Gasteiger partial charge < -0.3 is 9.64 Å². The van der Waals surface area contributed by atoms with Crippen LogP contribution in [-0.4, -0.2) is 30.4 Å². The smallest absolute Gasteiger partial charge is 0.333 e. The third-order valence-corrected chi connectivity index (χ3v) is 5.69. The Morgan fingerprint density at radius 3 is 2.82 bits per heavy atom. The van der Waals surface area contributed by atoms with Gasteiger partial charge in [-0.2, -0.15) is 0 Å². The van der Waals surface area contributed by atoms with E-state index in [0.717, 1.165) is 20.4 Å². The number of ether oxygens (including phenoxy) is 1. The first-order chi connectivity index (χ1) is 10.6. The number of benzene rings is 1. The lowest BCUT2D eigenvalue weighted by atomic mass is 9.99. The first-order valence-electron chi connectivity index (χ1n) is 6.83. The largest absolute Gasteiger partial charge is 0.467 e. The Hall–Kier alpha value is -1.41. The minimum Gasteiger partial charge on any atom is -0.467 e. The van der Waals surface area contributed by atoms with Gasteiger partial charge in [0.15, 0.2) is 6.04 Å². The number of nitrogens with zero attached hydrogens (tertiary/aromatic N) is 1. The third kappa shape index (κ3) is 2.65. The van der Waals surface area contributed by atoms with Gasteiger partial charge in [-0.05, 0) is 58.2 Å². The van der Waals surface area contributed by atoms with Crippen LogP contribution in [0.15, 0.2) is 35.7 Å². The Kier molecular flexibility index (Phi) is 4.49. The topological polar surface area (TPSA) is 46.6 Å². The molecule has 3 rings (SSSR count). The zero-order valence-corrected chi connectivity index (χ0v) is 14.9. The van der Waals surface area contributed by atoms with E-state index in [9.17, 15) is 9.59 Å². The highest BCUT2D eigenvalue weighted by atomic mass is 127. The molecule has 1 aliphatic rings. The number of hydrogen-bond acceptors (Lipinski definition) is 4. The van der Waals surface area contributed by atoms with E-state index >= 15 is 0 Å². The molecule has 0 aliphatic carbocycles. The molecule has 4 nitrogen and oxygen atoms in total. The van der Waals surface area contributed by atoms with E-state index in [2.05, 4.69) is 22.6 Å². The van der Waals surface area contributed by atoms with Crippen LogP contribution in [-0.2, 0) is 16.0 Å². The summed E-state index contributed by atoms with van der Waals surface area (Å²) in [6.45, 7) is 0.525. The number of esters is 1. The summed E-state index contributed by atoms with van der Waals surface area (Å²) in [7, 11) is 1.36. The lowest BCUT2D eigenvalue weighted by Crippen LogP contribution is -2.43. The fraction of sp³-hybridized carbons (Fsp3) is 0.250. The summed E-state index contributed by atoms with van der Waals surface area (Å²) in [5, 5.41) is 1.96. The standard InChI is InChI=1S/C16H14INO3S/c1-21-16(20)14-11-7-9-22-13(11)6-8-18(14)15(19)10-4-2-3-5-12(10)17/h2-5,7,9,14H,6,8H2,1H3. The normalized spacial score (nSPS) is 17.0. The maximum absolute atomic E-state index is 12.9. The zero-order valence-electron chi connectivity index (χ0n) is 11.9. The van der Waals surface area contributed by atoms with Gasteiger partial charge in [-0.15, -0.1) is 11.3 Å². The molecule has 1 unspecified atom stereocenters. The van der Waals surface area contributed by atoms with Crippen LogP contribution in [0.3, 0.4) is 0 Å². The summed E-state index contributed by atoms with van der Waals surface area (Å²) in [4.78, 5) is 27.9. The van der Waals surface area contributed by atoms with Gasteiger partial charge in [-0.3, -0.25) is 4.79 Å².